The topological polar surface area (TPSA) is 0 Å². The first-order chi connectivity index (χ1) is 6.63. The molecule has 1 saturated carbocycles. The summed E-state index contributed by atoms with van der Waals surface area (Å²) in [6, 6.07) is 2.35. The molecule has 1 aromatic rings. The van der Waals surface area contributed by atoms with Crippen molar-refractivity contribution in [3.8, 4) is 0 Å². The summed E-state index contributed by atoms with van der Waals surface area (Å²) in [6.45, 7) is 6.74. The fourth-order valence-electron chi connectivity index (χ4n) is 2.25. The maximum absolute atomic E-state index is 3.86. The third kappa shape index (κ3) is 1.92. The van der Waals surface area contributed by atoms with Crippen molar-refractivity contribution < 1.29 is 0 Å². The summed E-state index contributed by atoms with van der Waals surface area (Å²) < 4.78 is 0. The summed E-state index contributed by atoms with van der Waals surface area (Å²) in [4.78, 5) is 3.54. The summed E-state index contributed by atoms with van der Waals surface area (Å²) in [5.74, 6) is 1.87. The van der Waals surface area contributed by atoms with Gasteiger partial charge in [-0.3, -0.25) is 0 Å². The second-order valence-corrected chi connectivity index (χ2v) is 6.79. The van der Waals surface area contributed by atoms with E-state index < -0.39 is 0 Å². The van der Waals surface area contributed by atoms with Gasteiger partial charge in [-0.05, 0) is 43.7 Å². The van der Waals surface area contributed by atoms with Gasteiger partial charge in [0.15, 0.2) is 0 Å². The van der Waals surface area contributed by atoms with Crippen LogP contribution in [0.25, 0.3) is 0 Å². The zero-order valence-corrected chi connectivity index (χ0v) is 11.4. The first-order valence-electron chi connectivity index (χ1n) is 5.34. The van der Waals surface area contributed by atoms with Crippen molar-refractivity contribution in [2.75, 3.05) is 0 Å². The van der Waals surface area contributed by atoms with Crippen LogP contribution in [0.3, 0.4) is 0 Å². The van der Waals surface area contributed by atoms with Crippen LogP contribution in [0.5, 0.6) is 0 Å². The Kier molecular flexibility index (Phi) is 3.03. The van der Waals surface area contributed by atoms with Crippen molar-refractivity contribution in [3.05, 3.63) is 21.4 Å². The second kappa shape index (κ2) is 3.97. The van der Waals surface area contributed by atoms with Crippen LogP contribution in [0.4, 0.5) is 0 Å². The second-order valence-electron chi connectivity index (χ2n) is 4.34. The van der Waals surface area contributed by atoms with Gasteiger partial charge in [-0.25, -0.2) is 0 Å². The highest BCUT2D eigenvalue weighted by atomic mass is 79.9. The minimum absolute atomic E-state index is 0.609. The molecular weight excluding hydrogens is 256 g/mol. The van der Waals surface area contributed by atoms with Gasteiger partial charge in [0.2, 0.25) is 0 Å². The fourth-order valence-corrected chi connectivity index (χ4v) is 4.50. The molecule has 3 atom stereocenters. The molecule has 1 aliphatic carbocycles. The SMILES string of the molecule is CCC1CC1C(Br)c1cc(C)sc1C. The molecule has 0 N–H and O–H groups in total. The predicted octanol–water partition coefficient (Wildman–Crippen LogP) is 4.85. The van der Waals surface area contributed by atoms with Gasteiger partial charge < -0.3 is 0 Å². The lowest BCUT2D eigenvalue weighted by molar-refractivity contribution is 0.673. The third-order valence-corrected chi connectivity index (χ3v) is 5.41. The van der Waals surface area contributed by atoms with Crippen molar-refractivity contribution in [1.82, 2.24) is 0 Å². The number of halogens is 1. The zero-order valence-electron chi connectivity index (χ0n) is 9.01. The molecule has 0 spiro atoms. The van der Waals surface area contributed by atoms with E-state index in [-0.39, 0.29) is 0 Å². The molecule has 78 valence electrons. The Balaban J connectivity index is 2.12. The quantitative estimate of drug-likeness (QED) is 0.691. The molecule has 2 heteroatoms. The summed E-state index contributed by atoms with van der Waals surface area (Å²) in [5, 5.41) is 0. The van der Waals surface area contributed by atoms with E-state index in [4.69, 9.17) is 0 Å². The van der Waals surface area contributed by atoms with Gasteiger partial charge in [-0.2, -0.15) is 0 Å². The molecule has 0 radical (unpaired) electrons. The molecule has 1 heterocycles. The number of aryl methyl sites for hydroxylation is 2. The first-order valence-corrected chi connectivity index (χ1v) is 7.07. The third-order valence-electron chi connectivity index (χ3n) is 3.25. The number of thiophene rings is 1. The Labute approximate surface area is 98.9 Å². The summed E-state index contributed by atoms with van der Waals surface area (Å²) >= 11 is 5.79. The molecule has 0 aromatic carbocycles. The van der Waals surface area contributed by atoms with E-state index in [2.05, 4.69) is 42.8 Å². The average molecular weight is 273 g/mol. The lowest BCUT2D eigenvalue weighted by Gasteiger charge is -2.08. The van der Waals surface area contributed by atoms with Gasteiger partial charge in [-0.15, -0.1) is 11.3 Å². The van der Waals surface area contributed by atoms with Crippen molar-refractivity contribution in [2.45, 2.75) is 38.4 Å². The maximum atomic E-state index is 3.86. The van der Waals surface area contributed by atoms with Gasteiger partial charge in [-0.1, -0.05) is 29.3 Å². The molecule has 1 fully saturated rings. The van der Waals surface area contributed by atoms with Gasteiger partial charge in [0.25, 0.3) is 0 Å². The molecule has 2 rings (SSSR count). The van der Waals surface area contributed by atoms with E-state index in [1.165, 1.54) is 28.2 Å². The van der Waals surface area contributed by atoms with Gasteiger partial charge in [0, 0.05) is 14.6 Å². The van der Waals surface area contributed by atoms with Crippen LogP contribution in [0.15, 0.2) is 6.07 Å². The van der Waals surface area contributed by atoms with E-state index in [1.54, 1.807) is 0 Å². The van der Waals surface area contributed by atoms with E-state index in [1.807, 2.05) is 11.3 Å². The van der Waals surface area contributed by atoms with Gasteiger partial charge in [0.1, 0.15) is 0 Å². The molecule has 0 amide bonds. The van der Waals surface area contributed by atoms with Gasteiger partial charge in [0.05, 0.1) is 0 Å². The standard InChI is InChI=1S/C12H17BrS/c1-4-9-6-11(9)12(13)10-5-7(2)14-8(10)3/h5,9,11-12H,4,6H2,1-3H3. The minimum Gasteiger partial charge on any atom is -0.146 e. The molecule has 0 bridgehead atoms. The summed E-state index contributed by atoms with van der Waals surface area (Å²) in [7, 11) is 0. The Bertz CT molecular complexity index is 329. The van der Waals surface area contributed by atoms with Gasteiger partial charge >= 0.3 is 0 Å². The van der Waals surface area contributed by atoms with Crippen LogP contribution in [0.1, 0.15) is 39.9 Å². The number of alkyl halides is 1. The van der Waals surface area contributed by atoms with Crippen LogP contribution >= 0.6 is 27.3 Å². The van der Waals surface area contributed by atoms with E-state index >= 15 is 0 Å². The van der Waals surface area contributed by atoms with Crippen LogP contribution in [-0.4, -0.2) is 0 Å². The number of hydrogen-bond donors (Lipinski definition) is 0. The van der Waals surface area contributed by atoms with E-state index in [9.17, 15) is 0 Å². The molecule has 0 nitrogen and oxygen atoms in total. The van der Waals surface area contributed by atoms with Crippen molar-refractivity contribution in [1.29, 1.82) is 0 Å². The molecular formula is C12H17BrS. The Morgan fingerprint density at radius 2 is 2.29 bits per heavy atom. The van der Waals surface area contributed by atoms with E-state index in [0.717, 1.165) is 11.8 Å². The first kappa shape index (κ1) is 10.7. The Morgan fingerprint density at radius 3 is 2.71 bits per heavy atom. The Morgan fingerprint density at radius 1 is 1.57 bits per heavy atom. The highest BCUT2D eigenvalue weighted by Crippen LogP contribution is 2.54. The molecule has 3 unspecified atom stereocenters. The maximum Gasteiger partial charge on any atom is 0.0437 e. The summed E-state index contributed by atoms with van der Waals surface area (Å²) in [6.07, 6.45) is 2.76. The number of rotatable bonds is 3. The number of hydrogen-bond acceptors (Lipinski definition) is 1. The van der Waals surface area contributed by atoms with Crippen LogP contribution < -0.4 is 0 Å². The lowest BCUT2D eigenvalue weighted by atomic mass is 10.1. The predicted molar refractivity (Wildman–Crippen MR) is 67.3 cm³/mol. The minimum atomic E-state index is 0.609. The normalized spacial score (nSPS) is 27.7. The fraction of sp³-hybridized carbons (Fsp3) is 0.667. The van der Waals surface area contributed by atoms with Crippen LogP contribution in [0, 0.1) is 25.7 Å². The highest BCUT2D eigenvalue weighted by molar-refractivity contribution is 9.09. The molecule has 1 aliphatic rings. The lowest BCUT2D eigenvalue weighted by Crippen LogP contribution is -1.94. The van der Waals surface area contributed by atoms with E-state index in [0.29, 0.717) is 4.83 Å². The van der Waals surface area contributed by atoms with Crippen molar-refractivity contribution in [3.63, 3.8) is 0 Å². The average Bonchev–Trinajstić information content (AvgIpc) is 2.85. The molecule has 1 aromatic heterocycles. The zero-order chi connectivity index (χ0) is 10.3. The van der Waals surface area contributed by atoms with Crippen molar-refractivity contribution >= 4 is 27.3 Å². The highest BCUT2D eigenvalue weighted by Gasteiger charge is 2.41. The molecule has 14 heavy (non-hydrogen) atoms. The largest absolute Gasteiger partial charge is 0.146 e. The van der Waals surface area contributed by atoms with Crippen molar-refractivity contribution in [2.24, 2.45) is 11.8 Å². The van der Waals surface area contributed by atoms with Crippen LogP contribution in [-0.2, 0) is 0 Å². The molecule has 0 saturated heterocycles. The van der Waals surface area contributed by atoms with Crippen LogP contribution in [0.2, 0.25) is 0 Å². The smallest absolute Gasteiger partial charge is 0.0437 e. The Hall–Kier alpha value is 0.180. The summed E-state index contributed by atoms with van der Waals surface area (Å²) in [5.41, 5.74) is 1.54. The molecule has 0 aliphatic heterocycles. The monoisotopic (exact) mass is 272 g/mol.